The van der Waals surface area contributed by atoms with Crippen molar-refractivity contribution in [2.45, 2.75) is 57.2 Å². The zero-order valence-electron chi connectivity index (χ0n) is 17.8. The second kappa shape index (κ2) is 9.55. The number of aliphatic hydroxyl groups excluding tert-OH is 1. The van der Waals surface area contributed by atoms with E-state index in [1.807, 2.05) is 13.0 Å². The van der Waals surface area contributed by atoms with E-state index in [0.717, 1.165) is 41.7 Å². The zero-order valence-corrected chi connectivity index (χ0v) is 17.8. The summed E-state index contributed by atoms with van der Waals surface area (Å²) in [4.78, 5) is 1.78. The van der Waals surface area contributed by atoms with Crippen molar-refractivity contribution < 1.29 is 23.5 Å². The lowest BCUT2D eigenvalue weighted by molar-refractivity contribution is -0.137. The summed E-state index contributed by atoms with van der Waals surface area (Å²) in [5, 5.41) is 22.8. The number of hydrogen-bond acceptors (Lipinski definition) is 5. The van der Waals surface area contributed by atoms with E-state index in [9.17, 15) is 18.3 Å². The van der Waals surface area contributed by atoms with Crippen LogP contribution in [-0.2, 0) is 25.6 Å². The molecule has 1 aliphatic carbocycles. The van der Waals surface area contributed by atoms with Crippen molar-refractivity contribution in [2.75, 3.05) is 14.1 Å². The number of hydrogen-bond donors (Lipinski definition) is 4. The van der Waals surface area contributed by atoms with Crippen LogP contribution >= 0.6 is 0 Å². The fourth-order valence-electron chi connectivity index (χ4n) is 3.88. The first-order valence-corrected chi connectivity index (χ1v) is 10.2. The van der Waals surface area contributed by atoms with Crippen LogP contribution in [-0.4, -0.2) is 35.4 Å². The van der Waals surface area contributed by atoms with Gasteiger partial charge < -0.3 is 15.2 Å². The molecule has 168 valence electrons. The smallest absolute Gasteiger partial charge is 0.374 e. The molecule has 0 saturated carbocycles. The Hall–Kier alpha value is -2.15. The molecule has 0 saturated heterocycles. The predicted octanol–water partition coefficient (Wildman–Crippen LogP) is 3.55. The van der Waals surface area contributed by atoms with Gasteiger partial charge in [0, 0.05) is 23.7 Å². The van der Waals surface area contributed by atoms with Gasteiger partial charge in [0.2, 0.25) is 0 Å². The van der Waals surface area contributed by atoms with E-state index in [0.29, 0.717) is 18.5 Å². The van der Waals surface area contributed by atoms with E-state index >= 15 is 0 Å². The molecule has 0 aromatic heterocycles. The Balaban J connectivity index is 1.75. The number of benzene rings is 1. The Morgan fingerprint density at radius 3 is 2.58 bits per heavy atom. The molecule has 8 heteroatoms. The Morgan fingerprint density at radius 2 is 1.94 bits per heavy atom. The summed E-state index contributed by atoms with van der Waals surface area (Å²) in [6.45, 7) is 2.16. The summed E-state index contributed by atoms with van der Waals surface area (Å²) in [6.07, 6.45) is -3.63. The molecule has 2 aromatic rings. The Labute approximate surface area is 180 Å². The van der Waals surface area contributed by atoms with Gasteiger partial charge in [-0.3, -0.25) is 5.32 Å². The molecule has 0 radical (unpaired) electrons. The zero-order chi connectivity index (χ0) is 22.8. The van der Waals surface area contributed by atoms with Crippen molar-refractivity contribution in [3.8, 4) is 0 Å². The van der Waals surface area contributed by atoms with Crippen LogP contribution in [0.15, 0.2) is 24.3 Å². The van der Waals surface area contributed by atoms with Crippen molar-refractivity contribution in [1.29, 1.82) is 0 Å². The fraction of sp³-hybridized carbons (Fsp3) is 0.478. The van der Waals surface area contributed by atoms with Crippen molar-refractivity contribution in [2.24, 2.45) is 0 Å². The van der Waals surface area contributed by atoms with Crippen molar-refractivity contribution in [1.82, 2.24) is 15.7 Å². The first kappa shape index (κ1) is 23.5. The number of hydroxylamine groups is 1. The van der Waals surface area contributed by atoms with Gasteiger partial charge in [0.05, 0.1) is 11.6 Å². The topological polar surface area (TPSA) is 67.8 Å². The van der Waals surface area contributed by atoms with Gasteiger partial charge in [-0.15, -0.1) is 0 Å². The van der Waals surface area contributed by atoms with E-state index < -0.39 is 18.0 Å². The van der Waals surface area contributed by atoms with E-state index in [-0.39, 0.29) is 17.6 Å². The first-order chi connectivity index (χ1) is 14.6. The van der Waals surface area contributed by atoms with Crippen LogP contribution in [0.2, 0.25) is 0 Å². The molecule has 5 nitrogen and oxygen atoms in total. The van der Waals surface area contributed by atoms with Gasteiger partial charge in [0.1, 0.15) is 6.23 Å². The Morgan fingerprint density at radius 1 is 1.19 bits per heavy atom. The molecule has 1 aliphatic rings. The minimum atomic E-state index is -4.48. The summed E-state index contributed by atoms with van der Waals surface area (Å²) < 4.78 is 40.0. The number of alkyl halides is 3. The highest BCUT2D eigenvalue weighted by atomic mass is 19.4. The Kier molecular flexibility index (Phi) is 7.24. The van der Waals surface area contributed by atoms with Crippen LogP contribution in [0.4, 0.5) is 13.2 Å². The molecule has 0 bridgehead atoms. The van der Waals surface area contributed by atoms with Crippen molar-refractivity contribution >= 4 is 0 Å². The van der Waals surface area contributed by atoms with Crippen molar-refractivity contribution in [3.63, 3.8) is 0 Å². The monoisotopic (exact) mass is 435 g/mol. The third-order valence-corrected chi connectivity index (χ3v) is 5.50. The van der Waals surface area contributed by atoms with Crippen LogP contribution in [0.25, 0.3) is 0 Å². The third kappa shape index (κ3) is 5.97. The number of halogens is 3. The van der Waals surface area contributed by atoms with Crippen molar-refractivity contribution in [3.05, 3.63) is 69.8 Å². The van der Waals surface area contributed by atoms with Gasteiger partial charge in [0.25, 0.3) is 0 Å². The largest absolute Gasteiger partial charge is 0.416 e. The van der Waals surface area contributed by atoms with Crippen LogP contribution in [0.5, 0.6) is 0 Å². The van der Waals surface area contributed by atoms with Crippen LogP contribution in [0.1, 0.15) is 59.0 Å². The van der Waals surface area contributed by atoms with Gasteiger partial charge in [-0.1, -0.05) is 18.2 Å². The first-order valence-electron chi connectivity index (χ1n) is 10.2. The molecule has 31 heavy (non-hydrogen) atoms. The molecule has 0 heterocycles. The minimum absolute atomic E-state index is 0.0989. The molecule has 0 amide bonds. The molecule has 3 unspecified atom stereocenters. The van der Waals surface area contributed by atoms with Gasteiger partial charge in [-0.25, -0.2) is 0 Å². The standard InChI is InChI=1S/C23H28F3N3O2/c1-14(28-31)16-4-5-18-12-21(7-6-17(18)10-16)27-22(30)19-8-15(13-29(2)3)9-20(11-19)23(24,25)26/h8-11,14,21-22,27-28,30-31H,6-7,12-13H2,1-3H3. The van der Waals surface area contributed by atoms with E-state index in [1.54, 1.807) is 25.1 Å². The quantitative estimate of drug-likeness (QED) is 0.396. The molecule has 0 spiro atoms. The molecule has 0 fully saturated rings. The molecule has 3 rings (SSSR count). The van der Waals surface area contributed by atoms with Gasteiger partial charge in [-0.05, 0) is 75.2 Å². The normalized spacial score (nSPS) is 18.4. The molecule has 0 aliphatic heterocycles. The minimum Gasteiger partial charge on any atom is -0.374 e. The number of aliphatic hydroxyl groups is 1. The van der Waals surface area contributed by atoms with E-state index in [2.05, 4.69) is 22.9 Å². The number of nitrogens with zero attached hydrogens (tertiary/aromatic N) is 1. The molecule has 2 aromatic carbocycles. The van der Waals surface area contributed by atoms with Crippen LogP contribution < -0.4 is 10.8 Å². The van der Waals surface area contributed by atoms with Gasteiger partial charge >= 0.3 is 6.18 Å². The summed E-state index contributed by atoms with van der Waals surface area (Å²) in [6, 6.07) is 11.5. The van der Waals surface area contributed by atoms with Gasteiger partial charge in [0.15, 0.2) is 0 Å². The number of aryl methyl sites for hydroxylation is 1. The maximum Gasteiger partial charge on any atom is 0.416 e. The van der Waals surface area contributed by atoms with Gasteiger partial charge in [-0.2, -0.15) is 18.7 Å². The molecular formula is C23H28F3N3O2. The predicted molar refractivity (Wildman–Crippen MR) is 110 cm³/mol. The Bertz CT molecular complexity index is 902. The lowest BCUT2D eigenvalue weighted by Crippen LogP contribution is -2.37. The average molecular weight is 435 g/mol. The lowest BCUT2D eigenvalue weighted by atomic mass is 9.87. The summed E-state index contributed by atoms with van der Waals surface area (Å²) >= 11 is 0. The van der Waals surface area contributed by atoms with Crippen LogP contribution in [0, 0.1) is 12.1 Å². The summed E-state index contributed by atoms with van der Waals surface area (Å²) in [5.41, 5.74) is 5.00. The maximum absolute atomic E-state index is 13.3. The molecule has 4 N–H and O–H groups in total. The van der Waals surface area contributed by atoms with Crippen LogP contribution in [0.3, 0.4) is 0 Å². The number of fused-ring (bicyclic) bond motifs is 1. The highest BCUT2D eigenvalue weighted by molar-refractivity contribution is 5.34. The summed E-state index contributed by atoms with van der Waals surface area (Å²) in [7, 11) is 3.56. The molecule has 3 atom stereocenters. The number of rotatable bonds is 7. The lowest BCUT2D eigenvalue weighted by Gasteiger charge is -2.28. The summed E-state index contributed by atoms with van der Waals surface area (Å²) in [5.74, 6) is 0. The van der Waals surface area contributed by atoms with E-state index in [4.69, 9.17) is 5.21 Å². The highest BCUT2D eigenvalue weighted by Gasteiger charge is 2.32. The second-order valence-corrected chi connectivity index (χ2v) is 8.41. The third-order valence-electron chi connectivity index (χ3n) is 5.50. The maximum atomic E-state index is 13.3. The average Bonchev–Trinajstić information content (AvgIpc) is 2.71. The molecular weight excluding hydrogens is 407 g/mol. The highest BCUT2D eigenvalue weighted by Crippen LogP contribution is 2.32. The SMILES string of the molecule is CC(NO)c1c#cc2c(c1)CCC(NC(O)c1cc(CN(C)C)cc(C(F)(F)F)c1)C2. The number of nitrogens with one attached hydrogen (secondary N) is 2. The second-order valence-electron chi connectivity index (χ2n) is 8.41. The fourth-order valence-corrected chi connectivity index (χ4v) is 3.88. The van der Waals surface area contributed by atoms with E-state index in [1.165, 1.54) is 0 Å².